The Bertz CT molecular complexity index is 1540. The van der Waals surface area contributed by atoms with Crippen LogP contribution < -0.4 is 21.3 Å². The minimum atomic E-state index is -1.02. The minimum absolute atomic E-state index is 0.0247. The second-order valence-corrected chi connectivity index (χ2v) is 16.4. The quantitative estimate of drug-likeness (QED) is 0.134. The summed E-state index contributed by atoms with van der Waals surface area (Å²) < 4.78 is 5.42. The molecule has 12 heteroatoms. The van der Waals surface area contributed by atoms with Crippen LogP contribution in [-0.2, 0) is 41.6 Å². The molecule has 4 amide bonds. The number of likely N-dealkylation sites (N-methyl/N-ethyl adjacent to an activating group) is 1. The van der Waals surface area contributed by atoms with Crippen molar-refractivity contribution in [2.24, 2.45) is 11.8 Å². The average Bonchev–Trinajstić information content (AvgIpc) is 3.91. The third kappa shape index (κ3) is 14.8. The fourth-order valence-corrected chi connectivity index (χ4v) is 6.93. The van der Waals surface area contributed by atoms with Gasteiger partial charge in [0.15, 0.2) is 5.78 Å². The summed E-state index contributed by atoms with van der Waals surface area (Å²) in [6, 6.07) is 15.5. The van der Waals surface area contributed by atoms with Gasteiger partial charge in [0.1, 0.15) is 23.7 Å². The maximum Gasteiger partial charge on any atom is 0.243 e. The topological polar surface area (TPSA) is 152 Å². The van der Waals surface area contributed by atoms with Crippen LogP contribution >= 0.6 is 0 Å². The van der Waals surface area contributed by atoms with E-state index in [1.165, 1.54) is 0 Å². The van der Waals surface area contributed by atoms with Crippen molar-refractivity contribution in [2.45, 2.75) is 109 Å². The molecule has 4 N–H and O–H groups in total. The lowest BCUT2D eigenvalue weighted by Crippen LogP contribution is -2.59. The minimum Gasteiger partial charge on any atom is -0.361 e. The summed E-state index contributed by atoms with van der Waals surface area (Å²) in [6.07, 6.45) is 2.80. The Kier molecular flexibility index (Phi) is 16.8. The Morgan fingerprint density at radius 2 is 1.20 bits per heavy atom. The van der Waals surface area contributed by atoms with E-state index in [1.54, 1.807) is 6.92 Å². The van der Waals surface area contributed by atoms with Crippen molar-refractivity contribution < 1.29 is 28.7 Å². The first kappa shape index (κ1) is 43.6. The number of benzene rings is 2. The molecule has 0 radical (unpaired) electrons. The summed E-state index contributed by atoms with van der Waals surface area (Å²) in [4.78, 5) is 73.4. The van der Waals surface area contributed by atoms with Crippen LogP contribution in [0.4, 0.5) is 0 Å². The summed E-state index contributed by atoms with van der Waals surface area (Å²) in [5.74, 6) is -1.70. The van der Waals surface area contributed by atoms with Gasteiger partial charge in [0.25, 0.3) is 0 Å². The number of Topliss-reactive ketones (excluding diaryl/α,β-unsaturated/α-hetero) is 1. The smallest absolute Gasteiger partial charge is 0.243 e. The van der Waals surface area contributed by atoms with Gasteiger partial charge in [0.2, 0.25) is 23.6 Å². The van der Waals surface area contributed by atoms with Crippen molar-refractivity contribution in [1.29, 1.82) is 0 Å². The SMILES string of the molecule is CC(C)C[C@H](NC(=O)[C@H](CCc1ccccc1)NC(=O)CCCN1CCN(C)CC1)C(=O)N[C@@H](Cc1ccccc1)C(=O)N[C@@H](CC(C)C)C(=O)[C@]1(C)CO1. The number of nitrogens with one attached hydrogen (secondary N) is 4. The van der Waals surface area contributed by atoms with E-state index in [0.717, 1.165) is 43.9 Å². The lowest BCUT2D eigenvalue weighted by atomic mass is 9.93. The zero-order valence-corrected chi connectivity index (χ0v) is 33.8. The van der Waals surface area contributed by atoms with Crippen LogP contribution in [0.5, 0.6) is 0 Å². The standard InChI is InChI=1S/C43H64N6O6/c1-30(2)26-35(39(51)43(5)29-55-43)45-42(54)37(28-33-16-11-8-12-17-33)47-41(53)36(27-31(3)4)46-40(52)34(20-19-32-14-9-7-10-15-32)44-38(50)18-13-21-49-24-22-48(6)23-25-49/h7-12,14-17,30-31,34-37H,13,18-29H2,1-6H3,(H,44,50)(H,45,54)(H,46,52)(H,47,53)/t34-,35-,36-,37-,43-/m0/s1. The van der Waals surface area contributed by atoms with Gasteiger partial charge in [-0.25, -0.2) is 0 Å². The van der Waals surface area contributed by atoms with Crippen LogP contribution in [0, 0.1) is 11.8 Å². The number of carbonyl (C=O) groups excluding carboxylic acids is 5. The number of piperazine rings is 1. The first-order valence-electron chi connectivity index (χ1n) is 20.1. The average molecular weight is 761 g/mol. The molecule has 2 aromatic carbocycles. The number of carbonyl (C=O) groups is 5. The van der Waals surface area contributed by atoms with Crippen molar-refractivity contribution in [2.75, 3.05) is 46.4 Å². The van der Waals surface area contributed by atoms with Crippen molar-refractivity contribution in [3.05, 3.63) is 71.8 Å². The predicted octanol–water partition coefficient (Wildman–Crippen LogP) is 3.28. The van der Waals surface area contributed by atoms with Gasteiger partial charge < -0.3 is 35.8 Å². The number of epoxide rings is 1. The fourth-order valence-electron chi connectivity index (χ4n) is 6.93. The lowest BCUT2D eigenvalue weighted by Gasteiger charge is -2.32. The van der Waals surface area contributed by atoms with Crippen molar-refractivity contribution in [3.8, 4) is 0 Å². The molecule has 4 rings (SSSR count). The number of amides is 4. The predicted molar refractivity (Wildman–Crippen MR) is 214 cm³/mol. The van der Waals surface area contributed by atoms with Crippen LogP contribution in [0.1, 0.15) is 77.8 Å². The molecule has 0 bridgehead atoms. The summed E-state index contributed by atoms with van der Waals surface area (Å²) in [7, 11) is 2.11. The highest BCUT2D eigenvalue weighted by molar-refractivity contribution is 5.98. The number of nitrogens with zero attached hydrogens (tertiary/aromatic N) is 2. The molecule has 0 spiro atoms. The maximum absolute atomic E-state index is 14.1. The Labute approximate surface area is 327 Å². The number of hydrogen-bond donors (Lipinski definition) is 4. The molecule has 0 aromatic heterocycles. The van der Waals surface area contributed by atoms with Crippen LogP contribution in [-0.4, -0.2) is 115 Å². The van der Waals surface area contributed by atoms with Crippen LogP contribution in [0.2, 0.25) is 0 Å². The summed E-state index contributed by atoms with van der Waals surface area (Å²) in [5, 5.41) is 11.8. The van der Waals surface area contributed by atoms with E-state index in [0.29, 0.717) is 45.1 Å². The summed E-state index contributed by atoms with van der Waals surface area (Å²) in [5.41, 5.74) is 0.939. The number of aryl methyl sites for hydroxylation is 1. The van der Waals surface area contributed by atoms with Gasteiger partial charge in [-0.1, -0.05) is 88.4 Å². The highest BCUT2D eigenvalue weighted by Gasteiger charge is 2.50. The Hall–Kier alpha value is -4.13. The van der Waals surface area contributed by atoms with E-state index < -0.39 is 47.5 Å². The molecule has 2 aromatic rings. The molecule has 2 fully saturated rings. The Balaban J connectivity index is 1.47. The highest BCUT2D eigenvalue weighted by atomic mass is 16.6. The molecule has 2 aliphatic rings. The fraction of sp³-hybridized carbons (Fsp3) is 0.605. The van der Waals surface area contributed by atoms with Crippen LogP contribution in [0.15, 0.2) is 60.7 Å². The monoisotopic (exact) mass is 760 g/mol. The van der Waals surface area contributed by atoms with Gasteiger partial charge in [-0.2, -0.15) is 0 Å². The van der Waals surface area contributed by atoms with Gasteiger partial charge in [0.05, 0.1) is 12.6 Å². The molecule has 0 saturated carbocycles. The molecular formula is C43H64N6O6. The van der Waals surface area contributed by atoms with Crippen molar-refractivity contribution >= 4 is 29.4 Å². The van der Waals surface area contributed by atoms with Crippen molar-refractivity contribution in [1.82, 2.24) is 31.1 Å². The first-order valence-corrected chi connectivity index (χ1v) is 20.1. The molecule has 2 heterocycles. The van der Waals surface area contributed by atoms with Crippen LogP contribution in [0.3, 0.4) is 0 Å². The second kappa shape index (κ2) is 21.2. The van der Waals surface area contributed by atoms with E-state index in [2.05, 4.69) is 38.1 Å². The summed E-state index contributed by atoms with van der Waals surface area (Å²) in [6.45, 7) is 14.7. The van der Waals surface area contributed by atoms with E-state index in [4.69, 9.17) is 4.74 Å². The van der Waals surface area contributed by atoms with Gasteiger partial charge >= 0.3 is 0 Å². The third-order valence-electron chi connectivity index (χ3n) is 10.4. The van der Waals surface area contributed by atoms with E-state index in [-0.39, 0.29) is 29.9 Å². The molecule has 2 saturated heterocycles. The molecule has 12 nitrogen and oxygen atoms in total. The van der Waals surface area contributed by atoms with E-state index in [9.17, 15) is 24.0 Å². The summed E-state index contributed by atoms with van der Waals surface area (Å²) >= 11 is 0. The zero-order chi connectivity index (χ0) is 40.0. The van der Waals surface area contributed by atoms with Gasteiger partial charge in [-0.15, -0.1) is 0 Å². The number of ether oxygens (including phenoxy) is 1. The van der Waals surface area contributed by atoms with Gasteiger partial charge in [0, 0.05) is 39.0 Å². The molecule has 302 valence electrons. The molecule has 55 heavy (non-hydrogen) atoms. The normalized spacial score (nSPS) is 19.6. The van der Waals surface area contributed by atoms with E-state index >= 15 is 0 Å². The molecule has 5 atom stereocenters. The number of hydrogen-bond acceptors (Lipinski definition) is 8. The maximum atomic E-state index is 14.1. The second-order valence-electron chi connectivity index (χ2n) is 16.4. The third-order valence-corrected chi connectivity index (χ3v) is 10.4. The molecule has 2 aliphatic heterocycles. The van der Waals surface area contributed by atoms with Gasteiger partial charge in [-0.05, 0) is 75.6 Å². The molecular weight excluding hydrogens is 697 g/mol. The first-order chi connectivity index (χ1) is 26.2. The van der Waals surface area contributed by atoms with Crippen LogP contribution in [0.25, 0.3) is 0 Å². The van der Waals surface area contributed by atoms with E-state index in [1.807, 2.05) is 88.4 Å². The van der Waals surface area contributed by atoms with Gasteiger partial charge in [-0.3, -0.25) is 24.0 Å². The Morgan fingerprint density at radius 1 is 0.691 bits per heavy atom. The number of rotatable bonds is 22. The lowest BCUT2D eigenvalue weighted by molar-refractivity contribution is -0.135. The zero-order valence-electron chi connectivity index (χ0n) is 33.8. The van der Waals surface area contributed by atoms with Crippen molar-refractivity contribution in [3.63, 3.8) is 0 Å². The largest absolute Gasteiger partial charge is 0.361 e. The number of ketones is 1. The highest BCUT2D eigenvalue weighted by Crippen LogP contribution is 2.29. The molecule has 0 aliphatic carbocycles. The Morgan fingerprint density at radius 3 is 1.78 bits per heavy atom. The molecule has 0 unspecified atom stereocenters.